The fraction of sp³-hybridized carbons (Fsp3) is 0.0556. The van der Waals surface area contributed by atoms with Crippen molar-refractivity contribution in [1.82, 2.24) is 4.57 Å². The Labute approximate surface area is 121 Å². The fourth-order valence-electron chi connectivity index (χ4n) is 2.85. The number of nitrogens with zero attached hydrogens (tertiary/aromatic N) is 1. The number of rotatable bonds is 1. The minimum atomic E-state index is -0.282. The highest BCUT2D eigenvalue weighted by atomic mass is 16.4. The van der Waals surface area contributed by atoms with Gasteiger partial charge in [-0.05, 0) is 36.8 Å². The van der Waals surface area contributed by atoms with Gasteiger partial charge < -0.3 is 8.98 Å². The molecule has 0 saturated heterocycles. The average Bonchev–Trinajstić information content (AvgIpc) is 2.87. The average molecular weight is 275 g/mol. The van der Waals surface area contributed by atoms with Gasteiger partial charge in [-0.25, -0.2) is 4.79 Å². The molecule has 3 nitrogen and oxygen atoms in total. The van der Waals surface area contributed by atoms with E-state index in [1.807, 2.05) is 67.7 Å². The largest absolute Gasteiger partial charge is 0.422 e. The molecule has 0 spiro atoms. The van der Waals surface area contributed by atoms with Gasteiger partial charge in [0, 0.05) is 17.3 Å². The quantitative estimate of drug-likeness (QED) is 0.491. The highest BCUT2D eigenvalue weighted by Crippen LogP contribution is 2.28. The summed E-state index contributed by atoms with van der Waals surface area (Å²) in [6.07, 6.45) is 1.99. The summed E-state index contributed by atoms with van der Waals surface area (Å²) >= 11 is 0. The lowest BCUT2D eigenvalue weighted by Crippen LogP contribution is -2.01. The third-order valence-corrected chi connectivity index (χ3v) is 3.78. The fourth-order valence-corrected chi connectivity index (χ4v) is 2.85. The molecule has 0 atom stereocenters. The maximum Gasteiger partial charge on any atom is 0.346 e. The van der Waals surface area contributed by atoms with Crippen LogP contribution in [0.3, 0.4) is 0 Å². The summed E-state index contributed by atoms with van der Waals surface area (Å²) in [5.41, 5.74) is 3.20. The van der Waals surface area contributed by atoms with Crippen LogP contribution in [0.4, 0.5) is 0 Å². The van der Waals surface area contributed by atoms with Crippen LogP contribution in [0.15, 0.2) is 70.0 Å². The third kappa shape index (κ3) is 1.71. The predicted molar refractivity (Wildman–Crippen MR) is 84.1 cm³/mol. The van der Waals surface area contributed by atoms with E-state index in [0.29, 0.717) is 11.0 Å². The zero-order valence-electron chi connectivity index (χ0n) is 11.5. The Balaban J connectivity index is 2.26. The zero-order chi connectivity index (χ0) is 14.4. The molecular formula is C18H13NO2. The second-order valence-corrected chi connectivity index (χ2v) is 5.13. The van der Waals surface area contributed by atoms with Crippen molar-refractivity contribution in [1.29, 1.82) is 0 Å². The Hall–Kier alpha value is -2.81. The number of aryl methyl sites for hydroxylation is 1. The van der Waals surface area contributed by atoms with Crippen LogP contribution in [0, 0.1) is 6.92 Å². The third-order valence-electron chi connectivity index (χ3n) is 3.78. The Bertz CT molecular complexity index is 1010. The summed E-state index contributed by atoms with van der Waals surface area (Å²) in [4.78, 5) is 12.3. The van der Waals surface area contributed by atoms with Gasteiger partial charge in [0.15, 0.2) is 0 Å². The van der Waals surface area contributed by atoms with Gasteiger partial charge >= 0.3 is 5.63 Å². The summed E-state index contributed by atoms with van der Waals surface area (Å²) in [7, 11) is 0. The van der Waals surface area contributed by atoms with E-state index in [1.54, 1.807) is 0 Å². The topological polar surface area (TPSA) is 35.1 Å². The molecule has 0 aliphatic carbocycles. The molecule has 0 bridgehead atoms. The smallest absolute Gasteiger partial charge is 0.346 e. The molecule has 0 unspecified atom stereocenters. The van der Waals surface area contributed by atoms with Crippen LogP contribution in [0.25, 0.3) is 27.6 Å². The van der Waals surface area contributed by atoms with Gasteiger partial charge in [-0.2, -0.15) is 0 Å². The molecule has 0 N–H and O–H groups in total. The molecule has 2 aromatic heterocycles. The summed E-state index contributed by atoms with van der Waals surface area (Å²) in [5, 5.41) is 1.60. The highest BCUT2D eigenvalue weighted by Gasteiger charge is 2.15. The van der Waals surface area contributed by atoms with Crippen molar-refractivity contribution in [3.63, 3.8) is 0 Å². The second-order valence-electron chi connectivity index (χ2n) is 5.13. The lowest BCUT2D eigenvalue weighted by molar-refractivity contribution is 0.569. The van der Waals surface area contributed by atoms with Crippen molar-refractivity contribution in [2.24, 2.45) is 0 Å². The number of fused-ring (bicyclic) bond motifs is 3. The lowest BCUT2D eigenvalue weighted by atomic mass is 10.1. The first-order valence-corrected chi connectivity index (χ1v) is 6.84. The van der Waals surface area contributed by atoms with Crippen molar-refractivity contribution in [3.8, 4) is 5.69 Å². The van der Waals surface area contributed by atoms with Crippen molar-refractivity contribution in [2.75, 3.05) is 0 Å². The molecule has 2 heterocycles. The standard InChI is InChI=1S/C18H13NO2/c1-12-11-19(13-7-3-2-4-8-13)17-14-9-5-6-10-15(14)21-18(20)16(12)17/h2-11H,1H3. The normalized spacial score (nSPS) is 11.3. The van der Waals surface area contributed by atoms with E-state index in [9.17, 15) is 4.79 Å². The Kier molecular flexibility index (Phi) is 2.48. The van der Waals surface area contributed by atoms with Crippen LogP contribution >= 0.6 is 0 Å². The van der Waals surface area contributed by atoms with E-state index < -0.39 is 0 Å². The molecule has 0 amide bonds. The number of hydrogen-bond donors (Lipinski definition) is 0. The molecule has 102 valence electrons. The molecule has 0 aliphatic rings. The van der Waals surface area contributed by atoms with Crippen LogP contribution in [-0.2, 0) is 0 Å². The van der Waals surface area contributed by atoms with Crippen LogP contribution in [0.1, 0.15) is 5.56 Å². The molecule has 0 fully saturated rings. The molecular weight excluding hydrogens is 262 g/mol. The van der Waals surface area contributed by atoms with E-state index in [4.69, 9.17) is 4.42 Å². The Morgan fingerprint density at radius 2 is 1.67 bits per heavy atom. The van der Waals surface area contributed by atoms with E-state index in [1.165, 1.54) is 0 Å². The van der Waals surface area contributed by atoms with Gasteiger partial charge in [-0.1, -0.05) is 30.3 Å². The summed E-state index contributed by atoms with van der Waals surface area (Å²) in [6.45, 7) is 1.94. The highest BCUT2D eigenvalue weighted by molar-refractivity contribution is 6.04. The summed E-state index contributed by atoms with van der Waals surface area (Å²) in [5.74, 6) is 0. The van der Waals surface area contributed by atoms with Gasteiger partial charge in [0.1, 0.15) is 5.58 Å². The van der Waals surface area contributed by atoms with Gasteiger partial charge in [0.2, 0.25) is 0 Å². The van der Waals surface area contributed by atoms with Crippen molar-refractivity contribution in [2.45, 2.75) is 6.92 Å². The molecule has 0 saturated carbocycles. The molecule has 4 aromatic rings. The van der Waals surface area contributed by atoms with Crippen LogP contribution in [-0.4, -0.2) is 4.57 Å². The second kappa shape index (κ2) is 4.35. The van der Waals surface area contributed by atoms with Crippen molar-refractivity contribution < 1.29 is 4.42 Å². The van der Waals surface area contributed by atoms with E-state index in [2.05, 4.69) is 4.57 Å². The number of para-hydroxylation sites is 2. The number of hydrogen-bond acceptors (Lipinski definition) is 2. The molecule has 0 aliphatic heterocycles. The minimum Gasteiger partial charge on any atom is -0.422 e. The SMILES string of the molecule is Cc1cn(-c2ccccc2)c2c1c(=O)oc1ccccc12. The predicted octanol–water partition coefficient (Wildman–Crippen LogP) is 4.05. The van der Waals surface area contributed by atoms with E-state index in [0.717, 1.165) is 22.2 Å². The van der Waals surface area contributed by atoms with E-state index >= 15 is 0 Å². The summed E-state index contributed by atoms with van der Waals surface area (Å²) in [6, 6.07) is 17.7. The molecule has 0 radical (unpaired) electrons. The Morgan fingerprint density at radius 3 is 2.48 bits per heavy atom. The first kappa shape index (κ1) is 12.0. The van der Waals surface area contributed by atoms with E-state index in [-0.39, 0.29) is 5.63 Å². The molecule has 21 heavy (non-hydrogen) atoms. The van der Waals surface area contributed by atoms with Gasteiger partial charge in [-0.15, -0.1) is 0 Å². The zero-order valence-corrected chi connectivity index (χ0v) is 11.5. The maximum atomic E-state index is 12.3. The minimum absolute atomic E-state index is 0.282. The monoisotopic (exact) mass is 275 g/mol. The van der Waals surface area contributed by atoms with Crippen LogP contribution in [0.5, 0.6) is 0 Å². The number of aromatic nitrogens is 1. The van der Waals surface area contributed by atoms with Crippen LogP contribution < -0.4 is 5.63 Å². The lowest BCUT2D eigenvalue weighted by Gasteiger charge is -2.06. The van der Waals surface area contributed by atoms with Gasteiger partial charge in [0.05, 0.1) is 10.9 Å². The van der Waals surface area contributed by atoms with Crippen molar-refractivity contribution in [3.05, 3.63) is 76.8 Å². The first-order valence-electron chi connectivity index (χ1n) is 6.84. The molecule has 2 aromatic carbocycles. The van der Waals surface area contributed by atoms with Crippen LogP contribution in [0.2, 0.25) is 0 Å². The Morgan fingerprint density at radius 1 is 0.952 bits per heavy atom. The first-order chi connectivity index (χ1) is 10.3. The van der Waals surface area contributed by atoms with Crippen molar-refractivity contribution >= 4 is 21.9 Å². The maximum absolute atomic E-state index is 12.3. The summed E-state index contributed by atoms with van der Waals surface area (Å²) < 4.78 is 7.50. The molecule has 3 heteroatoms. The number of benzene rings is 2. The molecule has 4 rings (SSSR count). The van der Waals surface area contributed by atoms with Gasteiger partial charge in [0.25, 0.3) is 0 Å². The van der Waals surface area contributed by atoms with Gasteiger partial charge in [-0.3, -0.25) is 0 Å².